The van der Waals surface area contributed by atoms with Crippen LogP contribution < -0.4 is 10.2 Å². The fraction of sp³-hybridized carbons (Fsp3) is 0.538. The first-order valence-electron chi connectivity index (χ1n) is 6.10. The molecule has 92 valence electrons. The molecule has 1 aliphatic rings. The second kappa shape index (κ2) is 5.17. The Bertz CT molecular complexity index is 401. The van der Waals surface area contributed by atoms with Crippen molar-refractivity contribution in [3.8, 4) is 0 Å². The third-order valence-corrected chi connectivity index (χ3v) is 3.19. The number of anilines is 1. The molecule has 0 aliphatic heterocycles. The molecule has 1 heterocycles. The van der Waals surface area contributed by atoms with E-state index in [4.69, 9.17) is 0 Å². The van der Waals surface area contributed by atoms with Crippen molar-refractivity contribution in [2.45, 2.75) is 19.3 Å². The standard InChI is InChI=1S/C13H19N3O/c1-14-13(17)11-4-3-8-15-12(11)16(2)9-7-10-5-6-10/h3-4,8,10H,5-7,9H2,1-2H3,(H,14,17). The Hall–Kier alpha value is -1.58. The number of pyridine rings is 1. The maximum Gasteiger partial charge on any atom is 0.254 e. The van der Waals surface area contributed by atoms with Crippen LogP contribution in [0.3, 0.4) is 0 Å². The zero-order valence-electron chi connectivity index (χ0n) is 10.4. The number of hydrogen-bond donors (Lipinski definition) is 1. The Balaban J connectivity index is 2.08. The van der Waals surface area contributed by atoms with Gasteiger partial charge in [-0.3, -0.25) is 4.79 Å². The molecule has 0 aromatic carbocycles. The zero-order valence-corrected chi connectivity index (χ0v) is 10.4. The highest BCUT2D eigenvalue weighted by Gasteiger charge is 2.22. The summed E-state index contributed by atoms with van der Waals surface area (Å²) in [6, 6.07) is 3.61. The molecule has 1 amide bonds. The molecule has 1 N–H and O–H groups in total. The largest absolute Gasteiger partial charge is 0.359 e. The van der Waals surface area contributed by atoms with Gasteiger partial charge in [0, 0.05) is 26.8 Å². The van der Waals surface area contributed by atoms with Crippen molar-refractivity contribution in [3.05, 3.63) is 23.9 Å². The zero-order chi connectivity index (χ0) is 12.3. The van der Waals surface area contributed by atoms with Crippen LogP contribution in [0.5, 0.6) is 0 Å². The van der Waals surface area contributed by atoms with E-state index in [0.29, 0.717) is 5.56 Å². The molecule has 0 saturated heterocycles. The third kappa shape index (κ3) is 2.96. The molecule has 0 unspecified atom stereocenters. The number of nitrogens with one attached hydrogen (secondary N) is 1. The van der Waals surface area contributed by atoms with Gasteiger partial charge in [-0.25, -0.2) is 4.98 Å². The fourth-order valence-corrected chi connectivity index (χ4v) is 1.90. The summed E-state index contributed by atoms with van der Waals surface area (Å²) in [5.41, 5.74) is 0.647. The van der Waals surface area contributed by atoms with E-state index in [2.05, 4.69) is 15.2 Å². The lowest BCUT2D eigenvalue weighted by atomic mass is 10.2. The third-order valence-electron chi connectivity index (χ3n) is 3.19. The van der Waals surface area contributed by atoms with Gasteiger partial charge < -0.3 is 10.2 Å². The summed E-state index contributed by atoms with van der Waals surface area (Å²) < 4.78 is 0. The highest BCUT2D eigenvalue weighted by atomic mass is 16.1. The Morgan fingerprint density at radius 3 is 3.00 bits per heavy atom. The smallest absolute Gasteiger partial charge is 0.254 e. The molecule has 1 aromatic rings. The van der Waals surface area contributed by atoms with Crippen LogP contribution in [-0.2, 0) is 0 Å². The first-order chi connectivity index (χ1) is 8.22. The summed E-state index contributed by atoms with van der Waals surface area (Å²) in [7, 11) is 3.64. The summed E-state index contributed by atoms with van der Waals surface area (Å²) in [5, 5.41) is 2.65. The average molecular weight is 233 g/mol. The van der Waals surface area contributed by atoms with Gasteiger partial charge >= 0.3 is 0 Å². The number of aromatic nitrogens is 1. The van der Waals surface area contributed by atoms with E-state index in [0.717, 1.165) is 18.3 Å². The van der Waals surface area contributed by atoms with Crippen molar-refractivity contribution in [1.82, 2.24) is 10.3 Å². The number of carbonyl (C=O) groups excluding carboxylic acids is 1. The van der Waals surface area contributed by atoms with Crippen molar-refractivity contribution < 1.29 is 4.79 Å². The average Bonchev–Trinajstić information content (AvgIpc) is 3.19. The van der Waals surface area contributed by atoms with Crippen molar-refractivity contribution in [1.29, 1.82) is 0 Å². The minimum atomic E-state index is -0.0774. The van der Waals surface area contributed by atoms with Crippen molar-refractivity contribution in [2.75, 3.05) is 25.5 Å². The predicted molar refractivity (Wildman–Crippen MR) is 68.2 cm³/mol. The summed E-state index contributed by atoms with van der Waals surface area (Å²) in [6.07, 6.45) is 5.65. The topological polar surface area (TPSA) is 45.2 Å². The lowest BCUT2D eigenvalue weighted by Crippen LogP contribution is -2.26. The van der Waals surface area contributed by atoms with E-state index >= 15 is 0 Å². The maximum atomic E-state index is 11.7. The van der Waals surface area contributed by atoms with Crippen LogP contribution in [0.1, 0.15) is 29.6 Å². The summed E-state index contributed by atoms with van der Waals surface area (Å²) >= 11 is 0. The van der Waals surface area contributed by atoms with Gasteiger partial charge in [0.15, 0.2) is 0 Å². The monoisotopic (exact) mass is 233 g/mol. The van der Waals surface area contributed by atoms with Crippen LogP contribution in [0.25, 0.3) is 0 Å². The number of hydrogen-bond acceptors (Lipinski definition) is 3. The van der Waals surface area contributed by atoms with Gasteiger partial charge in [0.25, 0.3) is 5.91 Å². The highest BCUT2D eigenvalue weighted by molar-refractivity contribution is 5.98. The summed E-state index contributed by atoms with van der Waals surface area (Å²) in [5.74, 6) is 1.59. The first kappa shape index (κ1) is 11.9. The molecule has 1 fully saturated rings. The molecular formula is C13H19N3O. The number of nitrogens with zero attached hydrogens (tertiary/aromatic N) is 2. The molecule has 0 radical (unpaired) electrons. The van der Waals surface area contributed by atoms with Gasteiger partial charge in [0.1, 0.15) is 5.82 Å². The maximum absolute atomic E-state index is 11.7. The molecule has 17 heavy (non-hydrogen) atoms. The van der Waals surface area contributed by atoms with E-state index in [9.17, 15) is 4.79 Å². The van der Waals surface area contributed by atoms with Crippen molar-refractivity contribution in [2.24, 2.45) is 5.92 Å². The number of carbonyl (C=O) groups is 1. The SMILES string of the molecule is CNC(=O)c1cccnc1N(C)CCC1CC1. The Morgan fingerprint density at radius 2 is 2.35 bits per heavy atom. The van der Waals surface area contributed by atoms with E-state index in [1.807, 2.05) is 13.1 Å². The van der Waals surface area contributed by atoms with E-state index < -0.39 is 0 Å². The Labute approximate surface area is 102 Å². The van der Waals surface area contributed by atoms with Gasteiger partial charge in [-0.05, 0) is 24.5 Å². The van der Waals surface area contributed by atoms with Crippen LogP contribution in [0, 0.1) is 5.92 Å². The van der Waals surface area contributed by atoms with Gasteiger partial charge in [-0.2, -0.15) is 0 Å². The van der Waals surface area contributed by atoms with Crippen LogP contribution in [0.4, 0.5) is 5.82 Å². The van der Waals surface area contributed by atoms with Crippen molar-refractivity contribution in [3.63, 3.8) is 0 Å². The molecule has 1 aromatic heterocycles. The van der Waals surface area contributed by atoms with Crippen LogP contribution in [0.2, 0.25) is 0 Å². The quantitative estimate of drug-likeness (QED) is 0.841. The molecule has 0 bridgehead atoms. The molecule has 1 aliphatic carbocycles. The van der Waals surface area contributed by atoms with Crippen LogP contribution in [0.15, 0.2) is 18.3 Å². The molecule has 2 rings (SSSR count). The number of amides is 1. The second-order valence-electron chi connectivity index (χ2n) is 4.61. The van der Waals surface area contributed by atoms with E-state index in [1.54, 1.807) is 19.3 Å². The van der Waals surface area contributed by atoms with Crippen LogP contribution >= 0.6 is 0 Å². The van der Waals surface area contributed by atoms with E-state index in [-0.39, 0.29) is 5.91 Å². The lowest BCUT2D eigenvalue weighted by molar-refractivity contribution is 0.0963. The Morgan fingerprint density at radius 1 is 1.59 bits per heavy atom. The molecule has 0 atom stereocenters. The minimum absolute atomic E-state index is 0.0774. The van der Waals surface area contributed by atoms with Gasteiger partial charge in [0.05, 0.1) is 5.56 Å². The van der Waals surface area contributed by atoms with Gasteiger partial charge in [-0.15, -0.1) is 0 Å². The molecule has 4 heteroatoms. The predicted octanol–water partition coefficient (Wildman–Crippen LogP) is 1.68. The minimum Gasteiger partial charge on any atom is -0.359 e. The summed E-state index contributed by atoms with van der Waals surface area (Å²) in [4.78, 5) is 18.1. The Kier molecular flexibility index (Phi) is 3.61. The molecule has 1 saturated carbocycles. The fourth-order valence-electron chi connectivity index (χ4n) is 1.90. The van der Waals surface area contributed by atoms with Crippen LogP contribution in [-0.4, -0.2) is 31.5 Å². The molecular weight excluding hydrogens is 214 g/mol. The molecule has 4 nitrogen and oxygen atoms in total. The lowest BCUT2D eigenvalue weighted by Gasteiger charge is -2.20. The molecule has 0 spiro atoms. The second-order valence-corrected chi connectivity index (χ2v) is 4.61. The highest BCUT2D eigenvalue weighted by Crippen LogP contribution is 2.32. The normalized spacial score (nSPS) is 14.5. The summed E-state index contributed by atoms with van der Waals surface area (Å²) in [6.45, 7) is 0.964. The van der Waals surface area contributed by atoms with Crippen molar-refractivity contribution >= 4 is 11.7 Å². The van der Waals surface area contributed by atoms with E-state index in [1.165, 1.54) is 19.3 Å². The number of rotatable bonds is 5. The van der Waals surface area contributed by atoms with Gasteiger partial charge in [-0.1, -0.05) is 12.8 Å². The van der Waals surface area contributed by atoms with Gasteiger partial charge in [0.2, 0.25) is 0 Å². The first-order valence-corrected chi connectivity index (χ1v) is 6.10.